The minimum atomic E-state index is 0.697. The molecule has 2 heterocycles. The molecular weight excluding hydrogens is 234 g/mol. The molecule has 3 nitrogen and oxygen atoms in total. The van der Waals surface area contributed by atoms with Crippen LogP contribution in [0.4, 0.5) is 0 Å². The van der Waals surface area contributed by atoms with Gasteiger partial charge in [0.15, 0.2) is 0 Å². The molecule has 0 unspecified atom stereocenters. The second-order valence-corrected chi connectivity index (χ2v) is 7.29. The summed E-state index contributed by atoms with van der Waals surface area (Å²) in [5, 5.41) is 3.48. The van der Waals surface area contributed by atoms with Crippen molar-refractivity contribution in [2.45, 2.75) is 64.0 Å². The van der Waals surface area contributed by atoms with Crippen molar-refractivity contribution < 1.29 is 0 Å². The van der Waals surface area contributed by atoms with Gasteiger partial charge in [0, 0.05) is 37.7 Å². The van der Waals surface area contributed by atoms with E-state index in [4.69, 9.17) is 4.98 Å². The fraction of sp³-hybridized carbons (Fsp3) is 0.812. The molecular formula is C16H23N3. The third kappa shape index (κ3) is 1.70. The van der Waals surface area contributed by atoms with Crippen LogP contribution >= 0.6 is 0 Å². The van der Waals surface area contributed by atoms with Crippen molar-refractivity contribution in [1.82, 2.24) is 14.9 Å². The Hall–Kier alpha value is -0.830. The van der Waals surface area contributed by atoms with Crippen LogP contribution in [0.2, 0.25) is 0 Å². The molecule has 4 aliphatic rings. The molecule has 3 saturated carbocycles. The highest BCUT2D eigenvalue weighted by atomic mass is 15.1. The van der Waals surface area contributed by atoms with Crippen LogP contribution in [-0.4, -0.2) is 16.1 Å². The molecule has 3 heteroatoms. The molecule has 0 amide bonds. The summed E-state index contributed by atoms with van der Waals surface area (Å²) < 4.78 is 2.68. The van der Waals surface area contributed by atoms with Gasteiger partial charge in [0.25, 0.3) is 0 Å². The van der Waals surface area contributed by atoms with E-state index in [9.17, 15) is 0 Å². The molecule has 0 spiro atoms. The number of hydrogen-bond acceptors (Lipinski definition) is 2. The number of hydrogen-bond donors (Lipinski definition) is 1. The first-order chi connectivity index (χ1) is 9.36. The van der Waals surface area contributed by atoms with Crippen molar-refractivity contribution in [2.24, 2.45) is 11.3 Å². The Morgan fingerprint density at radius 1 is 1.21 bits per heavy atom. The molecule has 0 bridgehead atoms. The fourth-order valence-electron chi connectivity index (χ4n) is 4.09. The molecule has 0 atom stereocenters. The van der Waals surface area contributed by atoms with Crippen LogP contribution in [0.5, 0.6) is 0 Å². The maximum absolute atomic E-state index is 5.00. The molecule has 0 saturated heterocycles. The van der Waals surface area contributed by atoms with Crippen LogP contribution in [-0.2, 0) is 19.5 Å². The predicted molar refractivity (Wildman–Crippen MR) is 74.0 cm³/mol. The second-order valence-electron chi connectivity index (χ2n) is 7.29. The van der Waals surface area contributed by atoms with Gasteiger partial charge in [0.2, 0.25) is 0 Å². The van der Waals surface area contributed by atoms with Crippen molar-refractivity contribution >= 4 is 0 Å². The largest absolute Gasteiger partial charge is 0.331 e. The van der Waals surface area contributed by atoms with E-state index in [0.717, 1.165) is 24.9 Å². The summed E-state index contributed by atoms with van der Waals surface area (Å²) in [6.45, 7) is 3.43. The normalized spacial score (nSPS) is 28.2. The third-order valence-corrected chi connectivity index (χ3v) is 5.77. The summed E-state index contributed by atoms with van der Waals surface area (Å²) in [5.41, 5.74) is 3.63. The van der Waals surface area contributed by atoms with E-state index in [2.05, 4.69) is 9.88 Å². The molecule has 102 valence electrons. The number of aromatic nitrogens is 2. The lowest BCUT2D eigenvalue weighted by atomic mass is 10.00. The topological polar surface area (TPSA) is 29.9 Å². The molecule has 1 aromatic rings. The molecule has 3 fully saturated rings. The minimum absolute atomic E-state index is 0.697. The molecule has 5 rings (SSSR count). The highest BCUT2D eigenvalue weighted by molar-refractivity contribution is 5.25. The fourth-order valence-corrected chi connectivity index (χ4v) is 4.09. The lowest BCUT2D eigenvalue weighted by Crippen LogP contribution is -2.26. The molecule has 3 aliphatic carbocycles. The number of fused-ring (bicyclic) bond motifs is 1. The van der Waals surface area contributed by atoms with Gasteiger partial charge >= 0.3 is 0 Å². The van der Waals surface area contributed by atoms with Gasteiger partial charge in [-0.1, -0.05) is 0 Å². The number of nitrogens with one attached hydrogen (secondary N) is 1. The van der Waals surface area contributed by atoms with E-state index in [-0.39, 0.29) is 0 Å². The van der Waals surface area contributed by atoms with Crippen molar-refractivity contribution in [2.75, 3.05) is 6.54 Å². The summed E-state index contributed by atoms with van der Waals surface area (Å²) in [4.78, 5) is 5.00. The zero-order chi connectivity index (χ0) is 12.4. The van der Waals surface area contributed by atoms with Crippen molar-refractivity contribution in [3.05, 3.63) is 17.2 Å². The van der Waals surface area contributed by atoms with Gasteiger partial charge in [-0.3, -0.25) is 0 Å². The van der Waals surface area contributed by atoms with Crippen molar-refractivity contribution in [3.63, 3.8) is 0 Å². The second kappa shape index (κ2) is 3.63. The third-order valence-electron chi connectivity index (χ3n) is 5.77. The predicted octanol–water partition coefficient (Wildman–Crippen LogP) is 2.60. The first-order valence-electron chi connectivity index (χ1n) is 8.15. The number of nitrogens with zero attached hydrogens (tertiary/aromatic N) is 2. The van der Waals surface area contributed by atoms with Crippen LogP contribution in [0.15, 0.2) is 0 Å². The van der Waals surface area contributed by atoms with Crippen LogP contribution in [0.3, 0.4) is 0 Å². The van der Waals surface area contributed by atoms with E-state index in [1.165, 1.54) is 63.0 Å². The number of rotatable bonds is 4. The van der Waals surface area contributed by atoms with E-state index < -0.39 is 0 Å². The Morgan fingerprint density at radius 3 is 2.74 bits per heavy atom. The summed E-state index contributed by atoms with van der Waals surface area (Å²) in [5.74, 6) is 3.29. The van der Waals surface area contributed by atoms with Gasteiger partial charge in [-0.2, -0.15) is 0 Å². The van der Waals surface area contributed by atoms with Crippen molar-refractivity contribution in [3.8, 4) is 0 Å². The molecule has 1 N–H and O–H groups in total. The van der Waals surface area contributed by atoms with Gasteiger partial charge in [-0.15, -0.1) is 0 Å². The smallest absolute Gasteiger partial charge is 0.112 e. The van der Waals surface area contributed by atoms with Crippen LogP contribution in [0, 0.1) is 11.3 Å². The maximum atomic E-state index is 5.00. The van der Waals surface area contributed by atoms with Gasteiger partial charge in [-0.05, 0) is 49.9 Å². The standard InChI is InChI=1S/C16H23N3/c1-2-11(1)15-18-13-9-17-8-5-14(13)19(15)10-16(6-7-16)12-3-4-12/h11-12,17H,1-10H2. The summed E-state index contributed by atoms with van der Waals surface area (Å²) in [6.07, 6.45) is 9.89. The molecule has 0 radical (unpaired) electrons. The van der Waals surface area contributed by atoms with E-state index >= 15 is 0 Å². The highest BCUT2D eigenvalue weighted by Gasteiger charge is 2.54. The average molecular weight is 257 g/mol. The Balaban J connectivity index is 1.53. The minimum Gasteiger partial charge on any atom is -0.331 e. The Labute approximate surface area is 114 Å². The lowest BCUT2D eigenvalue weighted by molar-refractivity contribution is 0.356. The molecule has 1 aliphatic heterocycles. The highest BCUT2D eigenvalue weighted by Crippen LogP contribution is 2.62. The Morgan fingerprint density at radius 2 is 2.05 bits per heavy atom. The summed E-state index contributed by atoms with van der Waals surface area (Å²) >= 11 is 0. The Kier molecular flexibility index (Phi) is 2.08. The first-order valence-corrected chi connectivity index (χ1v) is 8.15. The number of imidazole rings is 1. The summed E-state index contributed by atoms with van der Waals surface area (Å²) in [6, 6.07) is 0. The molecule has 1 aromatic heterocycles. The average Bonchev–Trinajstić information content (AvgIpc) is 3.26. The maximum Gasteiger partial charge on any atom is 0.112 e. The molecule has 0 aromatic carbocycles. The zero-order valence-electron chi connectivity index (χ0n) is 11.6. The summed E-state index contributed by atoms with van der Waals surface area (Å²) in [7, 11) is 0. The van der Waals surface area contributed by atoms with Gasteiger partial charge < -0.3 is 9.88 Å². The van der Waals surface area contributed by atoms with Gasteiger partial charge in [0.05, 0.1) is 5.69 Å². The lowest BCUT2D eigenvalue weighted by Gasteiger charge is -2.21. The van der Waals surface area contributed by atoms with Crippen molar-refractivity contribution in [1.29, 1.82) is 0 Å². The van der Waals surface area contributed by atoms with Crippen LogP contribution in [0.25, 0.3) is 0 Å². The quantitative estimate of drug-likeness (QED) is 0.898. The van der Waals surface area contributed by atoms with E-state index in [1.807, 2.05) is 0 Å². The van der Waals surface area contributed by atoms with Crippen LogP contribution in [0.1, 0.15) is 61.7 Å². The zero-order valence-corrected chi connectivity index (χ0v) is 11.6. The molecule has 19 heavy (non-hydrogen) atoms. The van der Waals surface area contributed by atoms with E-state index in [0.29, 0.717) is 5.41 Å². The first kappa shape index (κ1) is 10.9. The SMILES string of the molecule is C1Cc2c(nc(C3CC3)n2CC2(C3CC3)CC2)CN1. The monoisotopic (exact) mass is 257 g/mol. The van der Waals surface area contributed by atoms with Gasteiger partial charge in [0.1, 0.15) is 5.82 Å². The Bertz CT molecular complexity index is 518. The van der Waals surface area contributed by atoms with E-state index in [1.54, 1.807) is 5.69 Å². The van der Waals surface area contributed by atoms with Crippen LogP contribution < -0.4 is 5.32 Å². The van der Waals surface area contributed by atoms with Gasteiger partial charge in [-0.25, -0.2) is 4.98 Å².